The number of benzene rings is 3. The monoisotopic (exact) mass is 591 g/mol. The fraction of sp³-hybridized carbons (Fsp3) is 0.375. The van der Waals surface area contributed by atoms with Crippen molar-refractivity contribution in [2.24, 2.45) is 0 Å². The molecule has 5 rings (SSSR count). The molecular weight excluding hydrogens is 554 g/mol. The Balaban J connectivity index is 1.51. The van der Waals surface area contributed by atoms with E-state index in [-0.39, 0.29) is 31.0 Å². The molecule has 3 aromatic carbocycles. The van der Waals surface area contributed by atoms with Gasteiger partial charge < -0.3 is 19.7 Å². The van der Waals surface area contributed by atoms with Gasteiger partial charge in [-0.2, -0.15) is 0 Å². The number of sulfonamides is 1. The lowest BCUT2D eigenvalue weighted by atomic mass is 10.0. The molecule has 0 radical (unpaired) electrons. The van der Waals surface area contributed by atoms with Crippen LogP contribution in [0.2, 0.25) is 0 Å². The Morgan fingerprint density at radius 1 is 0.952 bits per heavy atom. The summed E-state index contributed by atoms with van der Waals surface area (Å²) in [5.41, 5.74) is 3.04. The number of nitrogens with one attached hydrogen (secondary N) is 1. The van der Waals surface area contributed by atoms with E-state index < -0.39 is 28.5 Å². The van der Waals surface area contributed by atoms with Gasteiger partial charge in [0.15, 0.2) is 11.5 Å². The first-order valence-electron chi connectivity index (χ1n) is 14.2. The van der Waals surface area contributed by atoms with Crippen LogP contribution in [0.1, 0.15) is 42.4 Å². The number of fused-ring (bicyclic) bond motifs is 1. The van der Waals surface area contributed by atoms with Gasteiger partial charge >= 0.3 is 0 Å². The Morgan fingerprint density at radius 3 is 2.36 bits per heavy atom. The van der Waals surface area contributed by atoms with Crippen LogP contribution in [0.4, 0.5) is 5.69 Å². The lowest BCUT2D eigenvalue weighted by molar-refractivity contribution is -0.140. The van der Waals surface area contributed by atoms with Crippen molar-refractivity contribution in [3.05, 3.63) is 89.5 Å². The molecule has 1 atom stereocenters. The number of carbonyl (C=O) groups excluding carboxylic acids is 2. The van der Waals surface area contributed by atoms with Crippen molar-refractivity contribution in [1.82, 2.24) is 10.2 Å². The molecule has 1 N–H and O–H groups in total. The molecule has 0 unspecified atom stereocenters. The van der Waals surface area contributed by atoms with Gasteiger partial charge in [-0.25, -0.2) is 8.42 Å². The second-order valence-corrected chi connectivity index (χ2v) is 12.9. The summed E-state index contributed by atoms with van der Waals surface area (Å²) in [5, 5.41) is 3.18. The van der Waals surface area contributed by atoms with Crippen LogP contribution < -0.4 is 19.1 Å². The molecule has 2 aliphatic rings. The number of aryl methyl sites for hydroxylation is 1. The standard InChI is InChI=1S/C32H37N3O6S/c1-23-10-6-7-13-25(23)20-34(28(18-24-11-4-3-5-12-24)32(37)33-26-14-8-9-15-26)31(36)21-35(42(2,38)39)27-16-17-29-30(19-27)41-22-40-29/h3-7,10-13,16-17,19,26,28H,8-9,14-15,18,20-22H2,1-2H3,(H,33,37)/t28-/m1/s1. The van der Waals surface area contributed by atoms with Crippen molar-refractivity contribution >= 4 is 27.5 Å². The van der Waals surface area contributed by atoms with Crippen molar-refractivity contribution in [1.29, 1.82) is 0 Å². The van der Waals surface area contributed by atoms with Crippen LogP contribution in [-0.2, 0) is 32.6 Å². The van der Waals surface area contributed by atoms with E-state index in [0.717, 1.165) is 52.9 Å². The number of nitrogens with zero attached hydrogens (tertiary/aromatic N) is 2. The Morgan fingerprint density at radius 2 is 1.64 bits per heavy atom. The molecule has 42 heavy (non-hydrogen) atoms. The van der Waals surface area contributed by atoms with E-state index in [1.165, 1.54) is 4.90 Å². The van der Waals surface area contributed by atoms with E-state index in [2.05, 4.69) is 5.32 Å². The van der Waals surface area contributed by atoms with Gasteiger partial charge in [0.25, 0.3) is 0 Å². The van der Waals surface area contributed by atoms with E-state index in [4.69, 9.17) is 9.47 Å². The molecular formula is C32H37N3O6S. The minimum Gasteiger partial charge on any atom is -0.454 e. The smallest absolute Gasteiger partial charge is 0.244 e. The van der Waals surface area contributed by atoms with Crippen molar-refractivity contribution in [2.75, 3.05) is 23.9 Å². The molecule has 9 nitrogen and oxygen atoms in total. The highest BCUT2D eigenvalue weighted by Gasteiger charge is 2.34. The van der Waals surface area contributed by atoms with E-state index in [0.29, 0.717) is 17.9 Å². The van der Waals surface area contributed by atoms with E-state index >= 15 is 0 Å². The summed E-state index contributed by atoms with van der Waals surface area (Å²) < 4.78 is 37.9. The predicted molar refractivity (Wildman–Crippen MR) is 161 cm³/mol. The van der Waals surface area contributed by atoms with Gasteiger partial charge in [-0.15, -0.1) is 0 Å². The van der Waals surface area contributed by atoms with Gasteiger partial charge in [0.05, 0.1) is 11.9 Å². The van der Waals surface area contributed by atoms with Crippen LogP contribution in [-0.4, -0.2) is 56.8 Å². The van der Waals surface area contributed by atoms with Crippen molar-refractivity contribution in [3.8, 4) is 11.5 Å². The van der Waals surface area contributed by atoms with Gasteiger partial charge in [-0.3, -0.25) is 13.9 Å². The number of carbonyl (C=O) groups is 2. The highest BCUT2D eigenvalue weighted by molar-refractivity contribution is 7.92. The number of hydrogen-bond acceptors (Lipinski definition) is 6. The number of hydrogen-bond donors (Lipinski definition) is 1. The van der Waals surface area contributed by atoms with Gasteiger partial charge in [0, 0.05) is 25.1 Å². The molecule has 1 heterocycles. The van der Waals surface area contributed by atoms with Gasteiger partial charge in [0.1, 0.15) is 12.6 Å². The Labute approximate surface area is 247 Å². The zero-order valence-corrected chi connectivity index (χ0v) is 24.8. The number of anilines is 1. The molecule has 0 saturated heterocycles. The molecule has 2 amide bonds. The fourth-order valence-corrected chi connectivity index (χ4v) is 6.39. The molecule has 1 aliphatic heterocycles. The normalized spacial score (nSPS) is 15.3. The topological polar surface area (TPSA) is 105 Å². The van der Waals surface area contributed by atoms with Crippen LogP contribution >= 0.6 is 0 Å². The summed E-state index contributed by atoms with van der Waals surface area (Å²) >= 11 is 0. The second-order valence-electron chi connectivity index (χ2n) is 11.0. The maximum absolute atomic E-state index is 14.3. The first-order valence-corrected chi connectivity index (χ1v) is 16.1. The van der Waals surface area contributed by atoms with E-state index in [1.807, 2.05) is 61.5 Å². The van der Waals surface area contributed by atoms with Gasteiger partial charge in [-0.1, -0.05) is 67.4 Å². The minimum atomic E-state index is -3.88. The third kappa shape index (κ3) is 7.05. The highest BCUT2D eigenvalue weighted by atomic mass is 32.2. The molecule has 0 spiro atoms. The average Bonchev–Trinajstić information content (AvgIpc) is 3.66. The second kappa shape index (κ2) is 12.9. The summed E-state index contributed by atoms with van der Waals surface area (Å²) in [6, 6.07) is 21.2. The number of amides is 2. The summed E-state index contributed by atoms with van der Waals surface area (Å²) in [7, 11) is -3.88. The Kier molecular flexibility index (Phi) is 9.01. The maximum atomic E-state index is 14.3. The molecule has 10 heteroatoms. The zero-order chi connectivity index (χ0) is 29.7. The highest BCUT2D eigenvalue weighted by Crippen LogP contribution is 2.36. The van der Waals surface area contributed by atoms with E-state index in [1.54, 1.807) is 18.2 Å². The van der Waals surface area contributed by atoms with Crippen LogP contribution in [0, 0.1) is 6.92 Å². The molecule has 1 fully saturated rings. The lowest BCUT2D eigenvalue weighted by Gasteiger charge is -2.34. The molecule has 0 bridgehead atoms. The van der Waals surface area contributed by atoms with Crippen LogP contribution in [0.25, 0.3) is 0 Å². The molecule has 1 saturated carbocycles. The van der Waals surface area contributed by atoms with Crippen LogP contribution in [0.3, 0.4) is 0 Å². The predicted octanol–water partition coefficient (Wildman–Crippen LogP) is 4.19. The first-order chi connectivity index (χ1) is 20.2. The third-order valence-electron chi connectivity index (χ3n) is 7.90. The number of ether oxygens (including phenoxy) is 2. The van der Waals surface area contributed by atoms with Crippen LogP contribution in [0.15, 0.2) is 72.8 Å². The van der Waals surface area contributed by atoms with Crippen molar-refractivity contribution in [2.45, 2.75) is 57.7 Å². The first kappa shape index (κ1) is 29.4. The van der Waals surface area contributed by atoms with Gasteiger partial charge in [-0.05, 0) is 48.6 Å². The van der Waals surface area contributed by atoms with Crippen LogP contribution in [0.5, 0.6) is 11.5 Å². The number of rotatable bonds is 11. The zero-order valence-electron chi connectivity index (χ0n) is 24.0. The third-order valence-corrected chi connectivity index (χ3v) is 9.04. The SMILES string of the molecule is Cc1ccccc1CN(C(=O)CN(c1ccc2c(c1)OCO2)S(C)(=O)=O)[C@H](Cc1ccccc1)C(=O)NC1CCCC1. The summed E-state index contributed by atoms with van der Waals surface area (Å²) in [5.74, 6) is 0.194. The largest absolute Gasteiger partial charge is 0.454 e. The fourth-order valence-electron chi connectivity index (χ4n) is 5.55. The Bertz CT molecular complexity index is 1520. The lowest BCUT2D eigenvalue weighted by Crippen LogP contribution is -2.54. The molecule has 222 valence electrons. The summed E-state index contributed by atoms with van der Waals surface area (Å²) in [6.45, 7) is 1.67. The van der Waals surface area contributed by atoms with Crippen molar-refractivity contribution < 1.29 is 27.5 Å². The maximum Gasteiger partial charge on any atom is 0.244 e. The minimum absolute atomic E-state index is 0.0398. The molecule has 3 aromatic rings. The Hall–Kier alpha value is -4.05. The molecule has 0 aromatic heterocycles. The average molecular weight is 592 g/mol. The quantitative estimate of drug-likeness (QED) is 0.359. The van der Waals surface area contributed by atoms with Gasteiger partial charge in [0.2, 0.25) is 28.6 Å². The summed E-state index contributed by atoms with van der Waals surface area (Å²) in [4.78, 5) is 29.8. The van der Waals surface area contributed by atoms with E-state index in [9.17, 15) is 18.0 Å². The van der Waals surface area contributed by atoms with Crippen molar-refractivity contribution in [3.63, 3.8) is 0 Å². The molecule has 1 aliphatic carbocycles. The summed E-state index contributed by atoms with van der Waals surface area (Å²) in [6.07, 6.45) is 5.27.